The summed E-state index contributed by atoms with van der Waals surface area (Å²) in [5.74, 6) is 0.808. The molecule has 2 atom stereocenters. The van der Waals surface area contributed by atoms with Crippen molar-refractivity contribution in [3.8, 4) is 0 Å². The van der Waals surface area contributed by atoms with E-state index in [-0.39, 0.29) is 5.91 Å². The number of hydrogen-bond acceptors (Lipinski definition) is 3. The summed E-state index contributed by atoms with van der Waals surface area (Å²) in [6, 6.07) is 8.99. The fourth-order valence-corrected chi connectivity index (χ4v) is 4.26. The van der Waals surface area contributed by atoms with Gasteiger partial charge in [-0.25, -0.2) is 0 Å². The number of likely N-dealkylation sites (tertiary alicyclic amines) is 2. The number of ether oxygens (including phenoxy) is 1. The van der Waals surface area contributed by atoms with Gasteiger partial charge in [-0.1, -0.05) is 17.7 Å². The van der Waals surface area contributed by atoms with Gasteiger partial charge in [0.05, 0.1) is 6.10 Å². The van der Waals surface area contributed by atoms with Gasteiger partial charge in [0.2, 0.25) is 0 Å². The van der Waals surface area contributed by atoms with Crippen molar-refractivity contribution in [3.05, 3.63) is 35.4 Å². The Bertz CT molecular complexity index is 579. The van der Waals surface area contributed by atoms with Gasteiger partial charge < -0.3 is 9.64 Å². The van der Waals surface area contributed by atoms with Gasteiger partial charge in [0.1, 0.15) is 0 Å². The standard InChI is InChI=1S/C20H30N2O2/c1-14(2)22-13-18(24-4)19(22)16-8-10-21(11-9-16)20(23)17-7-5-6-15(3)12-17/h5-7,12,14,16,18-19H,8-11,13H2,1-4H3/t18-,19-/m0/s1. The van der Waals surface area contributed by atoms with Crippen LogP contribution >= 0.6 is 0 Å². The van der Waals surface area contributed by atoms with Crippen molar-refractivity contribution in [2.45, 2.75) is 51.8 Å². The zero-order chi connectivity index (χ0) is 17.3. The lowest BCUT2D eigenvalue weighted by atomic mass is 9.79. The number of methoxy groups -OCH3 is 1. The van der Waals surface area contributed by atoms with Crippen molar-refractivity contribution in [3.63, 3.8) is 0 Å². The van der Waals surface area contributed by atoms with Crippen molar-refractivity contribution < 1.29 is 9.53 Å². The Labute approximate surface area is 145 Å². The summed E-state index contributed by atoms with van der Waals surface area (Å²) in [4.78, 5) is 17.3. The summed E-state index contributed by atoms with van der Waals surface area (Å²) in [7, 11) is 1.83. The molecule has 24 heavy (non-hydrogen) atoms. The Kier molecular flexibility index (Phi) is 5.26. The third kappa shape index (κ3) is 3.35. The molecule has 1 aromatic rings. The molecule has 2 aliphatic heterocycles. The summed E-state index contributed by atoms with van der Waals surface area (Å²) in [5.41, 5.74) is 1.95. The number of piperidine rings is 1. The molecule has 0 N–H and O–H groups in total. The third-order valence-electron chi connectivity index (χ3n) is 5.70. The number of amides is 1. The van der Waals surface area contributed by atoms with E-state index in [1.165, 1.54) is 0 Å². The van der Waals surface area contributed by atoms with Crippen LogP contribution in [0.15, 0.2) is 24.3 Å². The minimum Gasteiger partial charge on any atom is -0.378 e. The van der Waals surface area contributed by atoms with Crippen LogP contribution in [0.25, 0.3) is 0 Å². The number of hydrogen-bond donors (Lipinski definition) is 0. The highest BCUT2D eigenvalue weighted by Crippen LogP contribution is 2.35. The first-order chi connectivity index (χ1) is 11.5. The van der Waals surface area contributed by atoms with Gasteiger partial charge in [0.15, 0.2) is 0 Å². The molecule has 0 saturated carbocycles. The van der Waals surface area contributed by atoms with Crippen LogP contribution in [0.4, 0.5) is 0 Å². The molecule has 0 aromatic heterocycles. The smallest absolute Gasteiger partial charge is 0.253 e. The molecule has 2 fully saturated rings. The molecule has 2 aliphatic rings. The molecule has 0 unspecified atom stereocenters. The van der Waals surface area contributed by atoms with Crippen LogP contribution in [-0.4, -0.2) is 60.6 Å². The number of rotatable bonds is 4. The second-order valence-electron chi connectivity index (χ2n) is 7.55. The number of nitrogens with zero attached hydrogens (tertiary/aromatic N) is 2. The average molecular weight is 330 g/mol. The lowest BCUT2D eigenvalue weighted by Crippen LogP contribution is -2.66. The maximum atomic E-state index is 12.7. The van der Waals surface area contributed by atoms with Crippen LogP contribution in [0, 0.1) is 12.8 Å². The van der Waals surface area contributed by atoms with Gasteiger partial charge >= 0.3 is 0 Å². The highest BCUT2D eigenvalue weighted by Gasteiger charge is 2.45. The Hall–Kier alpha value is -1.39. The highest BCUT2D eigenvalue weighted by atomic mass is 16.5. The second kappa shape index (κ2) is 7.24. The summed E-state index contributed by atoms with van der Waals surface area (Å²) >= 11 is 0. The largest absolute Gasteiger partial charge is 0.378 e. The van der Waals surface area contributed by atoms with E-state index in [1.54, 1.807) is 0 Å². The molecular weight excluding hydrogens is 300 g/mol. The summed E-state index contributed by atoms with van der Waals surface area (Å²) in [5, 5.41) is 0. The number of carbonyl (C=O) groups is 1. The van der Waals surface area contributed by atoms with Crippen molar-refractivity contribution in [2.24, 2.45) is 5.92 Å². The van der Waals surface area contributed by atoms with Gasteiger partial charge in [-0.05, 0) is 51.7 Å². The molecule has 2 heterocycles. The summed E-state index contributed by atoms with van der Waals surface area (Å²) in [6.07, 6.45) is 2.51. The van der Waals surface area contributed by atoms with Gasteiger partial charge in [0.25, 0.3) is 5.91 Å². The number of carbonyl (C=O) groups excluding carboxylic acids is 1. The molecule has 1 aromatic carbocycles. The van der Waals surface area contributed by atoms with Crippen molar-refractivity contribution in [1.82, 2.24) is 9.80 Å². The van der Waals surface area contributed by atoms with Gasteiger partial charge in [-0.3, -0.25) is 9.69 Å². The fourth-order valence-electron chi connectivity index (χ4n) is 4.26. The zero-order valence-corrected chi connectivity index (χ0v) is 15.4. The van der Waals surface area contributed by atoms with Crippen LogP contribution < -0.4 is 0 Å². The Morgan fingerprint density at radius 1 is 1.25 bits per heavy atom. The van der Waals surface area contributed by atoms with Gasteiger partial charge in [-0.2, -0.15) is 0 Å². The number of aryl methyl sites for hydroxylation is 1. The van der Waals surface area contributed by atoms with E-state index in [0.29, 0.717) is 24.1 Å². The lowest BCUT2D eigenvalue weighted by molar-refractivity contribution is -0.128. The fraction of sp³-hybridized carbons (Fsp3) is 0.650. The van der Waals surface area contributed by atoms with E-state index >= 15 is 0 Å². The molecule has 0 aliphatic carbocycles. The molecule has 0 bridgehead atoms. The maximum Gasteiger partial charge on any atom is 0.253 e. The molecule has 3 rings (SSSR count). The zero-order valence-electron chi connectivity index (χ0n) is 15.4. The SMILES string of the molecule is CO[C@H]1CN(C(C)C)[C@H]1C1CCN(C(=O)c2cccc(C)c2)CC1. The van der Waals surface area contributed by atoms with Crippen LogP contribution in [0.1, 0.15) is 42.6 Å². The van der Waals surface area contributed by atoms with Crippen LogP contribution in [0.5, 0.6) is 0 Å². The van der Waals surface area contributed by atoms with Crippen LogP contribution in [0.3, 0.4) is 0 Å². The van der Waals surface area contributed by atoms with Crippen molar-refractivity contribution in [1.29, 1.82) is 0 Å². The first-order valence-electron chi connectivity index (χ1n) is 9.15. The van der Waals surface area contributed by atoms with E-state index in [9.17, 15) is 4.79 Å². The molecule has 0 radical (unpaired) electrons. The normalized spacial score (nSPS) is 25.8. The summed E-state index contributed by atoms with van der Waals surface area (Å²) < 4.78 is 5.67. The third-order valence-corrected chi connectivity index (χ3v) is 5.70. The highest BCUT2D eigenvalue weighted by molar-refractivity contribution is 5.94. The first kappa shape index (κ1) is 17.4. The quantitative estimate of drug-likeness (QED) is 0.851. The lowest BCUT2D eigenvalue weighted by Gasteiger charge is -2.54. The van der Waals surface area contributed by atoms with Crippen molar-refractivity contribution >= 4 is 5.91 Å². The second-order valence-corrected chi connectivity index (χ2v) is 7.55. The molecule has 0 spiro atoms. The molecular formula is C20H30N2O2. The van der Waals surface area contributed by atoms with E-state index in [4.69, 9.17) is 4.74 Å². The first-order valence-corrected chi connectivity index (χ1v) is 9.15. The maximum absolute atomic E-state index is 12.7. The molecule has 132 valence electrons. The molecule has 4 heteroatoms. The number of benzene rings is 1. The van der Waals surface area contributed by atoms with Crippen LogP contribution in [0.2, 0.25) is 0 Å². The topological polar surface area (TPSA) is 32.8 Å². The minimum absolute atomic E-state index is 0.176. The van der Waals surface area contributed by atoms with Crippen molar-refractivity contribution in [2.75, 3.05) is 26.7 Å². The average Bonchev–Trinajstić information content (AvgIpc) is 2.54. The summed E-state index contributed by atoms with van der Waals surface area (Å²) in [6.45, 7) is 9.31. The Balaban J connectivity index is 1.60. The van der Waals surface area contributed by atoms with E-state index in [2.05, 4.69) is 18.7 Å². The van der Waals surface area contributed by atoms with E-state index < -0.39 is 0 Å². The molecule has 4 nitrogen and oxygen atoms in total. The Morgan fingerprint density at radius 2 is 1.96 bits per heavy atom. The predicted molar refractivity (Wildman–Crippen MR) is 96.2 cm³/mol. The minimum atomic E-state index is 0.176. The van der Waals surface area contributed by atoms with Gasteiger partial charge in [-0.15, -0.1) is 0 Å². The van der Waals surface area contributed by atoms with E-state index in [0.717, 1.165) is 43.6 Å². The van der Waals surface area contributed by atoms with E-state index in [1.807, 2.05) is 43.2 Å². The molecule has 2 saturated heterocycles. The monoisotopic (exact) mass is 330 g/mol. The van der Waals surface area contributed by atoms with Crippen LogP contribution in [-0.2, 0) is 4.74 Å². The predicted octanol–water partition coefficient (Wildman–Crippen LogP) is 2.95. The molecule has 1 amide bonds. The van der Waals surface area contributed by atoms with Gasteiger partial charge in [0, 0.05) is 44.4 Å². The Morgan fingerprint density at radius 3 is 2.54 bits per heavy atom.